The first-order chi connectivity index (χ1) is 6.95. The van der Waals surface area contributed by atoms with E-state index in [-0.39, 0.29) is 23.7 Å². The average Bonchev–Trinajstić information content (AvgIpc) is 2.75. The molecule has 0 aromatic carbocycles. The number of nitrogen functional groups attached to an aromatic ring is 1. The Bertz CT molecular complexity index is 409. The fourth-order valence-corrected chi connectivity index (χ4v) is 1.42. The Hall–Kier alpha value is -1.46. The third-order valence-electron chi connectivity index (χ3n) is 2.35. The lowest BCUT2D eigenvalue weighted by atomic mass is 10.2. The van der Waals surface area contributed by atoms with E-state index in [0.717, 1.165) is 6.07 Å². The Morgan fingerprint density at radius 1 is 1.60 bits per heavy atom. The molecule has 1 aromatic rings. The molecular weight excluding hydrogens is 209 g/mol. The third-order valence-corrected chi connectivity index (χ3v) is 2.35. The smallest absolute Gasteiger partial charge is 0.257 e. The summed E-state index contributed by atoms with van der Waals surface area (Å²) in [4.78, 5) is 3.65. The number of pyridine rings is 1. The number of hydrogen-bond acceptors (Lipinski definition) is 3. The molecular formula is C9H9F3N2O. The fraction of sp³-hybridized carbons (Fsp3) is 0.444. The number of ether oxygens (including phenoxy) is 1. The highest BCUT2D eigenvalue weighted by Gasteiger charge is 2.59. The normalized spacial score (nSPS) is 22.5. The van der Waals surface area contributed by atoms with Gasteiger partial charge in [-0.05, 0) is 0 Å². The number of hydrogen-bond donors (Lipinski definition) is 1. The largest absolute Gasteiger partial charge is 0.480 e. The SMILES string of the molecule is COc1nc(C2CC2(F)F)c(F)cc1N. The standard InChI is InChI=1S/C9H9F3N2O/c1-15-8-6(13)2-5(10)7(14-8)4-3-9(4,11)12/h2,4H,3,13H2,1H3. The van der Waals surface area contributed by atoms with Crippen LogP contribution in [-0.2, 0) is 0 Å². The summed E-state index contributed by atoms with van der Waals surface area (Å²) in [6.07, 6.45) is -0.371. The lowest BCUT2D eigenvalue weighted by molar-refractivity contribution is 0.111. The van der Waals surface area contributed by atoms with E-state index in [4.69, 9.17) is 10.5 Å². The van der Waals surface area contributed by atoms with Gasteiger partial charge in [0.2, 0.25) is 5.88 Å². The first kappa shape index (κ1) is 10.1. The van der Waals surface area contributed by atoms with Crippen LogP contribution < -0.4 is 10.5 Å². The summed E-state index contributed by atoms with van der Waals surface area (Å²) in [5.74, 6) is -4.83. The second-order valence-corrected chi connectivity index (χ2v) is 3.47. The van der Waals surface area contributed by atoms with Crippen LogP contribution in [0.25, 0.3) is 0 Å². The highest BCUT2D eigenvalue weighted by atomic mass is 19.3. The van der Waals surface area contributed by atoms with Crippen LogP contribution in [0.2, 0.25) is 0 Å². The molecule has 2 rings (SSSR count). The molecule has 2 N–H and O–H groups in total. The van der Waals surface area contributed by atoms with Crippen LogP contribution in [0, 0.1) is 5.82 Å². The minimum Gasteiger partial charge on any atom is -0.480 e. The maximum atomic E-state index is 13.3. The third kappa shape index (κ3) is 1.60. The maximum Gasteiger partial charge on any atom is 0.257 e. The van der Waals surface area contributed by atoms with Gasteiger partial charge in [-0.15, -0.1) is 0 Å². The Balaban J connectivity index is 2.40. The van der Waals surface area contributed by atoms with Gasteiger partial charge in [0.1, 0.15) is 5.82 Å². The van der Waals surface area contributed by atoms with E-state index in [1.54, 1.807) is 0 Å². The maximum absolute atomic E-state index is 13.3. The van der Waals surface area contributed by atoms with Crippen molar-refractivity contribution >= 4 is 5.69 Å². The summed E-state index contributed by atoms with van der Waals surface area (Å²) in [5, 5.41) is 0. The Morgan fingerprint density at radius 3 is 2.67 bits per heavy atom. The number of aromatic nitrogens is 1. The monoisotopic (exact) mass is 218 g/mol. The van der Waals surface area contributed by atoms with Crippen LogP contribution in [0.1, 0.15) is 18.0 Å². The summed E-state index contributed by atoms with van der Waals surface area (Å²) in [6.45, 7) is 0. The quantitative estimate of drug-likeness (QED) is 0.825. The van der Waals surface area contributed by atoms with Gasteiger partial charge in [0.15, 0.2) is 0 Å². The molecule has 0 amide bonds. The Labute approximate surface area is 84.1 Å². The van der Waals surface area contributed by atoms with Crippen LogP contribution in [0.5, 0.6) is 5.88 Å². The number of anilines is 1. The van der Waals surface area contributed by atoms with Gasteiger partial charge < -0.3 is 10.5 Å². The first-order valence-corrected chi connectivity index (χ1v) is 4.33. The molecule has 0 radical (unpaired) electrons. The van der Waals surface area contributed by atoms with E-state index in [0.29, 0.717) is 0 Å². The zero-order chi connectivity index (χ0) is 11.2. The number of alkyl halides is 2. The molecule has 1 aliphatic carbocycles. The second-order valence-electron chi connectivity index (χ2n) is 3.47. The molecule has 15 heavy (non-hydrogen) atoms. The number of nitrogens with two attached hydrogens (primary N) is 1. The van der Waals surface area contributed by atoms with E-state index in [9.17, 15) is 13.2 Å². The van der Waals surface area contributed by atoms with Gasteiger partial charge in [-0.2, -0.15) is 0 Å². The van der Waals surface area contributed by atoms with Gasteiger partial charge in [0.25, 0.3) is 5.92 Å². The van der Waals surface area contributed by atoms with E-state index in [1.807, 2.05) is 0 Å². The van der Waals surface area contributed by atoms with E-state index >= 15 is 0 Å². The van der Waals surface area contributed by atoms with Crippen molar-refractivity contribution in [2.45, 2.75) is 18.3 Å². The van der Waals surface area contributed by atoms with Crippen molar-refractivity contribution in [2.75, 3.05) is 12.8 Å². The van der Waals surface area contributed by atoms with Gasteiger partial charge in [-0.1, -0.05) is 0 Å². The van der Waals surface area contributed by atoms with Crippen molar-refractivity contribution in [3.05, 3.63) is 17.6 Å². The highest BCUT2D eigenvalue weighted by molar-refractivity contribution is 5.49. The predicted molar refractivity (Wildman–Crippen MR) is 47.5 cm³/mol. The lowest BCUT2D eigenvalue weighted by Gasteiger charge is -2.07. The minimum atomic E-state index is -2.85. The molecule has 1 fully saturated rings. The number of rotatable bonds is 2. The Morgan fingerprint density at radius 2 is 2.20 bits per heavy atom. The van der Waals surface area contributed by atoms with E-state index in [1.165, 1.54) is 7.11 Å². The summed E-state index contributed by atoms with van der Waals surface area (Å²) >= 11 is 0. The molecule has 0 saturated heterocycles. The van der Waals surface area contributed by atoms with Gasteiger partial charge in [0.05, 0.1) is 24.4 Å². The van der Waals surface area contributed by atoms with E-state index in [2.05, 4.69) is 4.98 Å². The first-order valence-electron chi connectivity index (χ1n) is 4.33. The molecule has 3 nitrogen and oxygen atoms in total. The molecule has 0 bridgehead atoms. The molecule has 1 unspecified atom stereocenters. The number of halogens is 3. The molecule has 1 saturated carbocycles. The zero-order valence-electron chi connectivity index (χ0n) is 7.93. The topological polar surface area (TPSA) is 48.1 Å². The fourth-order valence-electron chi connectivity index (χ4n) is 1.42. The summed E-state index contributed by atoms with van der Waals surface area (Å²) in [6, 6.07) is 0.954. The summed E-state index contributed by atoms with van der Waals surface area (Å²) < 4.78 is 43.4. The van der Waals surface area contributed by atoms with Gasteiger partial charge in [-0.3, -0.25) is 0 Å². The van der Waals surface area contributed by atoms with Crippen LogP contribution in [0.15, 0.2) is 6.07 Å². The van der Waals surface area contributed by atoms with Crippen molar-refractivity contribution < 1.29 is 17.9 Å². The Kier molecular flexibility index (Phi) is 2.02. The molecule has 1 aromatic heterocycles. The average molecular weight is 218 g/mol. The minimum absolute atomic E-state index is 0.00252. The molecule has 1 atom stereocenters. The molecule has 6 heteroatoms. The molecule has 0 spiro atoms. The molecule has 82 valence electrons. The van der Waals surface area contributed by atoms with Crippen molar-refractivity contribution in [3.63, 3.8) is 0 Å². The van der Waals surface area contributed by atoms with Crippen molar-refractivity contribution in [1.29, 1.82) is 0 Å². The van der Waals surface area contributed by atoms with Crippen molar-refractivity contribution in [2.24, 2.45) is 0 Å². The number of methoxy groups -OCH3 is 1. The molecule has 1 heterocycles. The van der Waals surface area contributed by atoms with Crippen LogP contribution in [0.3, 0.4) is 0 Å². The van der Waals surface area contributed by atoms with Crippen molar-refractivity contribution in [1.82, 2.24) is 4.98 Å². The summed E-state index contributed by atoms with van der Waals surface area (Å²) in [5.41, 5.74) is 5.10. The molecule has 1 aliphatic rings. The second kappa shape index (κ2) is 3.01. The number of nitrogens with zero attached hydrogens (tertiary/aromatic N) is 1. The molecule has 0 aliphatic heterocycles. The van der Waals surface area contributed by atoms with Gasteiger partial charge in [-0.25, -0.2) is 18.2 Å². The van der Waals surface area contributed by atoms with Crippen LogP contribution in [-0.4, -0.2) is 18.0 Å². The van der Waals surface area contributed by atoms with Crippen LogP contribution >= 0.6 is 0 Å². The van der Waals surface area contributed by atoms with Gasteiger partial charge in [0, 0.05) is 12.5 Å². The van der Waals surface area contributed by atoms with Gasteiger partial charge >= 0.3 is 0 Å². The van der Waals surface area contributed by atoms with Crippen LogP contribution in [0.4, 0.5) is 18.9 Å². The predicted octanol–water partition coefficient (Wildman–Crippen LogP) is 1.93. The lowest BCUT2D eigenvalue weighted by Crippen LogP contribution is -2.04. The van der Waals surface area contributed by atoms with Crippen molar-refractivity contribution in [3.8, 4) is 5.88 Å². The summed E-state index contributed by atoms with van der Waals surface area (Å²) in [7, 11) is 1.30. The van der Waals surface area contributed by atoms with E-state index < -0.39 is 17.7 Å². The highest BCUT2D eigenvalue weighted by Crippen LogP contribution is 2.56. The zero-order valence-corrected chi connectivity index (χ0v) is 7.93.